The fraction of sp³-hybridized carbons (Fsp3) is 0.500. The second kappa shape index (κ2) is 4.88. The molecule has 0 aromatic heterocycles. The van der Waals surface area contributed by atoms with Gasteiger partial charge < -0.3 is 5.32 Å². The zero-order chi connectivity index (χ0) is 10.8. The summed E-state index contributed by atoms with van der Waals surface area (Å²) in [5.41, 5.74) is 1.21. The second-order valence-corrected chi connectivity index (χ2v) is 5.89. The summed E-state index contributed by atoms with van der Waals surface area (Å²) in [7, 11) is 0. The molecule has 1 aliphatic rings. The first kappa shape index (κ1) is 11.5. The summed E-state index contributed by atoms with van der Waals surface area (Å²) < 4.78 is 2.25. The van der Waals surface area contributed by atoms with E-state index in [0.717, 1.165) is 14.9 Å². The standard InChI is InChI=1S/C12H15Br2N/c1-2-11(8-3-4-8)15-12-6-5-9(13)7-10(12)14/h5-8,11,15H,2-4H2,1H3. The minimum atomic E-state index is 0.641. The van der Waals surface area contributed by atoms with Crippen LogP contribution in [0, 0.1) is 5.92 Å². The van der Waals surface area contributed by atoms with Gasteiger partial charge in [0.25, 0.3) is 0 Å². The molecule has 1 N–H and O–H groups in total. The summed E-state index contributed by atoms with van der Waals surface area (Å²) in [5, 5.41) is 3.62. The van der Waals surface area contributed by atoms with Crippen molar-refractivity contribution in [2.24, 2.45) is 5.92 Å². The topological polar surface area (TPSA) is 12.0 Å². The Morgan fingerprint density at radius 2 is 2.13 bits per heavy atom. The molecular weight excluding hydrogens is 318 g/mol. The van der Waals surface area contributed by atoms with Crippen LogP contribution in [0.2, 0.25) is 0 Å². The van der Waals surface area contributed by atoms with Crippen LogP contribution in [0.3, 0.4) is 0 Å². The third kappa shape index (κ3) is 2.97. The molecule has 1 saturated carbocycles. The lowest BCUT2D eigenvalue weighted by Gasteiger charge is -2.18. The highest BCUT2D eigenvalue weighted by atomic mass is 79.9. The van der Waals surface area contributed by atoms with E-state index >= 15 is 0 Å². The molecule has 0 bridgehead atoms. The first-order chi connectivity index (χ1) is 7.20. The molecule has 1 aromatic rings. The van der Waals surface area contributed by atoms with Gasteiger partial charge in [-0.3, -0.25) is 0 Å². The van der Waals surface area contributed by atoms with Gasteiger partial charge in [-0.2, -0.15) is 0 Å². The lowest BCUT2D eigenvalue weighted by atomic mass is 10.1. The van der Waals surface area contributed by atoms with Crippen molar-refractivity contribution in [1.82, 2.24) is 0 Å². The van der Waals surface area contributed by atoms with Gasteiger partial charge in [0.2, 0.25) is 0 Å². The van der Waals surface area contributed by atoms with Crippen LogP contribution in [0.1, 0.15) is 26.2 Å². The van der Waals surface area contributed by atoms with E-state index in [-0.39, 0.29) is 0 Å². The van der Waals surface area contributed by atoms with E-state index < -0.39 is 0 Å². The fourth-order valence-electron chi connectivity index (χ4n) is 1.86. The molecule has 15 heavy (non-hydrogen) atoms. The SMILES string of the molecule is CCC(Nc1ccc(Br)cc1Br)C1CC1. The van der Waals surface area contributed by atoms with Crippen LogP contribution >= 0.6 is 31.9 Å². The summed E-state index contributed by atoms with van der Waals surface area (Å²) >= 11 is 7.04. The number of benzene rings is 1. The minimum Gasteiger partial charge on any atom is -0.381 e. The molecule has 82 valence electrons. The van der Waals surface area contributed by atoms with Crippen molar-refractivity contribution in [2.75, 3.05) is 5.32 Å². The number of nitrogens with one attached hydrogen (secondary N) is 1. The average Bonchev–Trinajstić information content (AvgIpc) is 3.00. The normalized spacial score (nSPS) is 17.5. The lowest BCUT2D eigenvalue weighted by molar-refractivity contribution is 0.616. The van der Waals surface area contributed by atoms with Crippen LogP contribution < -0.4 is 5.32 Å². The molecule has 2 rings (SSSR count). The van der Waals surface area contributed by atoms with Gasteiger partial charge in [-0.05, 0) is 59.3 Å². The van der Waals surface area contributed by atoms with E-state index in [1.165, 1.54) is 24.9 Å². The smallest absolute Gasteiger partial charge is 0.0487 e. The molecule has 0 heterocycles. The molecule has 1 aromatic carbocycles. The number of halogens is 2. The zero-order valence-corrected chi connectivity index (χ0v) is 11.9. The Balaban J connectivity index is 2.08. The van der Waals surface area contributed by atoms with Gasteiger partial charge in [0.1, 0.15) is 0 Å². The maximum Gasteiger partial charge on any atom is 0.0487 e. The summed E-state index contributed by atoms with van der Waals surface area (Å²) in [6, 6.07) is 6.93. The number of hydrogen-bond donors (Lipinski definition) is 1. The third-order valence-corrected chi connectivity index (χ3v) is 4.05. The van der Waals surface area contributed by atoms with Gasteiger partial charge in [-0.1, -0.05) is 22.9 Å². The van der Waals surface area contributed by atoms with Gasteiger partial charge in [0, 0.05) is 20.7 Å². The van der Waals surface area contributed by atoms with Gasteiger partial charge in [0.05, 0.1) is 0 Å². The summed E-state index contributed by atoms with van der Waals surface area (Å²) in [4.78, 5) is 0. The van der Waals surface area contributed by atoms with Crippen LogP contribution in [0.15, 0.2) is 27.1 Å². The summed E-state index contributed by atoms with van der Waals surface area (Å²) in [5.74, 6) is 0.894. The number of rotatable bonds is 4. The highest BCUT2D eigenvalue weighted by Gasteiger charge is 2.29. The monoisotopic (exact) mass is 331 g/mol. The van der Waals surface area contributed by atoms with Crippen LogP contribution in [0.25, 0.3) is 0 Å². The Morgan fingerprint density at radius 1 is 1.40 bits per heavy atom. The third-order valence-electron chi connectivity index (χ3n) is 2.90. The predicted octanol–water partition coefficient (Wildman–Crippen LogP) is 4.81. The fourth-order valence-corrected chi connectivity index (χ4v) is 3.02. The quantitative estimate of drug-likeness (QED) is 0.834. The first-order valence-corrected chi connectivity index (χ1v) is 7.01. The number of hydrogen-bond acceptors (Lipinski definition) is 1. The van der Waals surface area contributed by atoms with Gasteiger partial charge in [-0.15, -0.1) is 0 Å². The maximum absolute atomic E-state index is 3.62. The van der Waals surface area contributed by atoms with Gasteiger partial charge >= 0.3 is 0 Å². The molecule has 0 spiro atoms. The molecule has 0 radical (unpaired) electrons. The van der Waals surface area contributed by atoms with E-state index in [1.54, 1.807) is 0 Å². The largest absolute Gasteiger partial charge is 0.381 e. The van der Waals surface area contributed by atoms with Gasteiger partial charge in [0.15, 0.2) is 0 Å². The molecular formula is C12H15Br2N. The Bertz CT molecular complexity index is 347. The Hall–Kier alpha value is -0.0200. The van der Waals surface area contributed by atoms with Crippen molar-refractivity contribution in [3.05, 3.63) is 27.1 Å². The van der Waals surface area contributed by atoms with Crippen LogP contribution in [-0.4, -0.2) is 6.04 Å². The van der Waals surface area contributed by atoms with Crippen LogP contribution in [-0.2, 0) is 0 Å². The van der Waals surface area contributed by atoms with E-state index in [0.29, 0.717) is 6.04 Å². The van der Waals surface area contributed by atoms with E-state index in [9.17, 15) is 0 Å². The van der Waals surface area contributed by atoms with E-state index in [1.807, 2.05) is 0 Å². The Labute approximate surface area is 108 Å². The lowest BCUT2D eigenvalue weighted by Crippen LogP contribution is -2.20. The predicted molar refractivity (Wildman–Crippen MR) is 72.3 cm³/mol. The first-order valence-electron chi connectivity index (χ1n) is 5.42. The summed E-state index contributed by atoms with van der Waals surface area (Å²) in [6.07, 6.45) is 3.98. The van der Waals surface area contributed by atoms with Gasteiger partial charge in [-0.25, -0.2) is 0 Å². The highest BCUT2D eigenvalue weighted by Crippen LogP contribution is 2.37. The van der Waals surface area contributed by atoms with Crippen molar-refractivity contribution >= 4 is 37.5 Å². The Kier molecular flexibility index (Phi) is 3.73. The minimum absolute atomic E-state index is 0.641. The highest BCUT2D eigenvalue weighted by molar-refractivity contribution is 9.11. The molecule has 1 unspecified atom stereocenters. The van der Waals surface area contributed by atoms with E-state index in [2.05, 4.69) is 62.3 Å². The van der Waals surface area contributed by atoms with Crippen molar-refractivity contribution in [3.63, 3.8) is 0 Å². The molecule has 1 fully saturated rings. The molecule has 1 nitrogen and oxygen atoms in total. The molecule has 0 amide bonds. The molecule has 3 heteroatoms. The summed E-state index contributed by atoms with van der Waals surface area (Å²) in [6.45, 7) is 2.25. The van der Waals surface area contributed by atoms with Crippen molar-refractivity contribution in [1.29, 1.82) is 0 Å². The molecule has 1 atom stereocenters. The van der Waals surface area contributed by atoms with Crippen LogP contribution in [0.4, 0.5) is 5.69 Å². The second-order valence-electron chi connectivity index (χ2n) is 4.12. The molecule has 0 saturated heterocycles. The van der Waals surface area contributed by atoms with Crippen LogP contribution in [0.5, 0.6) is 0 Å². The average molecular weight is 333 g/mol. The van der Waals surface area contributed by atoms with Crippen molar-refractivity contribution in [2.45, 2.75) is 32.2 Å². The zero-order valence-electron chi connectivity index (χ0n) is 8.76. The molecule has 1 aliphatic carbocycles. The molecule has 0 aliphatic heterocycles. The Morgan fingerprint density at radius 3 is 2.67 bits per heavy atom. The number of anilines is 1. The maximum atomic E-state index is 3.62. The van der Waals surface area contributed by atoms with Crippen molar-refractivity contribution in [3.8, 4) is 0 Å². The van der Waals surface area contributed by atoms with Crippen molar-refractivity contribution < 1.29 is 0 Å². The van der Waals surface area contributed by atoms with E-state index in [4.69, 9.17) is 0 Å².